The maximum Gasteiger partial charge on any atom is 0.207 e. The topological polar surface area (TPSA) is 34.1 Å². The van der Waals surface area contributed by atoms with Gasteiger partial charge in [-0.3, -0.25) is 0 Å². The van der Waals surface area contributed by atoms with E-state index in [-0.39, 0.29) is 0 Å². The summed E-state index contributed by atoms with van der Waals surface area (Å²) in [6, 6.07) is 49.6. The molecule has 0 amide bonds. The Morgan fingerprint density at radius 3 is 1.30 bits per heavy atom. The molecule has 0 aromatic heterocycles. The van der Waals surface area contributed by atoms with E-state index in [0.717, 1.165) is 33.4 Å². The van der Waals surface area contributed by atoms with Crippen molar-refractivity contribution in [3.8, 4) is 44.5 Å². The fraction of sp³-hybridized carbons (Fsp3) is 0.0270. The van der Waals surface area contributed by atoms with E-state index in [0.29, 0.717) is 15.4 Å². The second-order valence-corrected chi connectivity index (χ2v) is 11.8. The van der Waals surface area contributed by atoms with Crippen molar-refractivity contribution in [1.29, 1.82) is 0 Å². The molecule has 194 valence electrons. The Hall–Kier alpha value is -4.73. The Morgan fingerprint density at radius 1 is 0.400 bits per heavy atom. The van der Waals surface area contributed by atoms with Gasteiger partial charge >= 0.3 is 0 Å². The van der Waals surface area contributed by atoms with Gasteiger partial charge in [0, 0.05) is 5.56 Å². The van der Waals surface area contributed by atoms with Gasteiger partial charge in [-0.1, -0.05) is 139 Å². The maximum atomic E-state index is 14.0. The number of hydrogen-bond donors (Lipinski definition) is 0. The third kappa shape index (κ3) is 5.12. The summed E-state index contributed by atoms with van der Waals surface area (Å²) in [6.45, 7) is 1.95. The number of sulfone groups is 1. The average Bonchev–Trinajstić information content (AvgIpc) is 3.02. The molecule has 3 heteroatoms. The molecule has 0 saturated carbocycles. The molecule has 0 bridgehead atoms. The van der Waals surface area contributed by atoms with E-state index < -0.39 is 9.84 Å². The lowest BCUT2D eigenvalue weighted by molar-refractivity contribution is 0.596. The van der Waals surface area contributed by atoms with Crippen LogP contribution in [0.3, 0.4) is 0 Å². The zero-order valence-corrected chi connectivity index (χ0v) is 23.0. The van der Waals surface area contributed by atoms with Gasteiger partial charge in [0.15, 0.2) is 0 Å². The molecule has 0 N–H and O–H groups in total. The van der Waals surface area contributed by atoms with Gasteiger partial charge in [-0.15, -0.1) is 0 Å². The zero-order valence-electron chi connectivity index (χ0n) is 22.2. The van der Waals surface area contributed by atoms with E-state index in [2.05, 4.69) is 48.5 Å². The molecule has 0 aliphatic rings. The van der Waals surface area contributed by atoms with Crippen LogP contribution >= 0.6 is 0 Å². The highest BCUT2D eigenvalue weighted by molar-refractivity contribution is 7.91. The molecule has 6 aromatic carbocycles. The van der Waals surface area contributed by atoms with Crippen LogP contribution in [-0.4, -0.2) is 8.42 Å². The fourth-order valence-electron chi connectivity index (χ4n) is 4.97. The molecule has 0 aliphatic heterocycles. The first-order valence-corrected chi connectivity index (χ1v) is 14.7. The van der Waals surface area contributed by atoms with Crippen molar-refractivity contribution >= 4 is 9.84 Å². The molecule has 0 atom stereocenters. The average molecular weight is 537 g/mol. The quantitative estimate of drug-likeness (QED) is 0.212. The van der Waals surface area contributed by atoms with Crippen molar-refractivity contribution in [2.75, 3.05) is 0 Å². The second kappa shape index (κ2) is 10.8. The largest absolute Gasteiger partial charge is 0.218 e. The summed E-state index contributed by atoms with van der Waals surface area (Å²) in [4.78, 5) is 0.595. The van der Waals surface area contributed by atoms with Crippen LogP contribution in [0.4, 0.5) is 0 Å². The third-order valence-electron chi connectivity index (χ3n) is 7.23. The van der Waals surface area contributed by atoms with Crippen LogP contribution in [0, 0.1) is 6.92 Å². The molecule has 0 spiro atoms. The Bertz CT molecular complexity index is 1860. The first kappa shape index (κ1) is 25.5. The number of aryl methyl sites for hydroxylation is 1. The Labute approximate surface area is 236 Å². The van der Waals surface area contributed by atoms with Crippen LogP contribution in [0.25, 0.3) is 44.5 Å². The molecular weight excluding hydrogens is 508 g/mol. The SMILES string of the molecule is Cc1ccc(S(=O)(=O)c2cc(-c3ccccc3)ccc2-c2ccc(-c3ccc(-c4ccccc4)cc3)cc2)cc1. The van der Waals surface area contributed by atoms with E-state index in [1.54, 1.807) is 18.2 Å². The van der Waals surface area contributed by atoms with Crippen LogP contribution in [0.2, 0.25) is 0 Å². The van der Waals surface area contributed by atoms with Crippen LogP contribution < -0.4 is 0 Å². The van der Waals surface area contributed by atoms with Gasteiger partial charge in [0.05, 0.1) is 9.79 Å². The van der Waals surface area contributed by atoms with Crippen molar-refractivity contribution in [3.05, 3.63) is 157 Å². The number of benzene rings is 6. The highest BCUT2D eigenvalue weighted by Gasteiger charge is 2.23. The summed E-state index contributed by atoms with van der Waals surface area (Å²) in [7, 11) is -3.76. The summed E-state index contributed by atoms with van der Waals surface area (Å²) >= 11 is 0. The maximum absolute atomic E-state index is 14.0. The normalized spacial score (nSPS) is 11.3. The Kier molecular flexibility index (Phi) is 6.90. The smallest absolute Gasteiger partial charge is 0.207 e. The minimum atomic E-state index is -3.76. The van der Waals surface area contributed by atoms with E-state index >= 15 is 0 Å². The molecule has 0 heterocycles. The zero-order chi connectivity index (χ0) is 27.5. The van der Waals surface area contributed by atoms with Crippen LogP contribution in [0.15, 0.2) is 161 Å². The predicted molar refractivity (Wildman–Crippen MR) is 165 cm³/mol. The molecule has 6 aromatic rings. The highest BCUT2D eigenvalue weighted by atomic mass is 32.2. The molecule has 6 rings (SSSR count). The number of hydrogen-bond acceptors (Lipinski definition) is 2. The molecule has 0 radical (unpaired) electrons. The van der Waals surface area contributed by atoms with Gasteiger partial charge in [-0.05, 0) is 64.1 Å². The number of rotatable bonds is 6. The van der Waals surface area contributed by atoms with Crippen molar-refractivity contribution < 1.29 is 8.42 Å². The van der Waals surface area contributed by atoms with E-state index in [1.807, 2.05) is 91.9 Å². The van der Waals surface area contributed by atoms with Crippen molar-refractivity contribution in [3.63, 3.8) is 0 Å². The minimum Gasteiger partial charge on any atom is -0.218 e. The van der Waals surface area contributed by atoms with Crippen molar-refractivity contribution in [2.24, 2.45) is 0 Å². The Balaban J connectivity index is 1.39. The lowest BCUT2D eigenvalue weighted by Crippen LogP contribution is -2.04. The van der Waals surface area contributed by atoms with Gasteiger partial charge in [0.25, 0.3) is 0 Å². The molecule has 2 nitrogen and oxygen atoms in total. The standard InChI is InChI=1S/C37H28O2S/c1-27-12-23-35(24-13-27)40(38,39)37-26-34(29-10-6-3-7-11-29)22-25-36(37)33-20-18-32(19-21-33)31-16-14-30(15-17-31)28-8-4-2-5-9-28/h2-26H,1H3. The highest BCUT2D eigenvalue weighted by Crippen LogP contribution is 2.36. The fourth-order valence-corrected chi connectivity index (χ4v) is 6.47. The molecule has 0 saturated heterocycles. The van der Waals surface area contributed by atoms with Crippen molar-refractivity contribution in [1.82, 2.24) is 0 Å². The van der Waals surface area contributed by atoms with Gasteiger partial charge in [-0.25, -0.2) is 8.42 Å². The molecular formula is C37H28O2S. The van der Waals surface area contributed by atoms with Crippen molar-refractivity contribution in [2.45, 2.75) is 16.7 Å². The van der Waals surface area contributed by atoms with Gasteiger partial charge < -0.3 is 0 Å². The predicted octanol–water partition coefficient (Wildman–Crippen LogP) is 9.50. The van der Waals surface area contributed by atoms with E-state index in [9.17, 15) is 8.42 Å². The second-order valence-electron chi connectivity index (χ2n) is 9.91. The van der Waals surface area contributed by atoms with Crippen LogP contribution in [-0.2, 0) is 9.84 Å². The van der Waals surface area contributed by atoms with E-state index in [1.165, 1.54) is 11.1 Å². The first-order chi connectivity index (χ1) is 19.5. The third-order valence-corrected chi connectivity index (χ3v) is 9.04. The van der Waals surface area contributed by atoms with Gasteiger partial charge in [0.2, 0.25) is 9.84 Å². The summed E-state index contributed by atoms with van der Waals surface area (Å²) in [6.07, 6.45) is 0. The minimum absolute atomic E-state index is 0.291. The summed E-state index contributed by atoms with van der Waals surface area (Å²) in [5, 5.41) is 0. The summed E-state index contributed by atoms with van der Waals surface area (Å²) < 4.78 is 27.9. The Morgan fingerprint density at radius 2 is 0.800 bits per heavy atom. The summed E-state index contributed by atoms with van der Waals surface area (Å²) in [5.74, 6) is 0. The molecule has 0 fully saturated rings. The van der Waals surface area contributed by atoms with Gasteiger partial charge in [0.1, 0.15) is 0 Å². The van der Waals surface area contributed by atoms with Gasteiger partial charge in [-0.2, -0.15) is 0 Å². The van der Waals surface area contributed by atoms with E-state index in [4.69, 9.17) is 0 Å². The molecule has 0 unspecified atom stereocenters. The molecule has 40 heavy (non-hydrogen) atoms. The lowest BCUT2D eigenvalue weighted by atomic mass is 9.97. The monoisotopic (exact) mass is 536 g/mol. The summed E-state index contributed by atoms with van der Waals surface area (Å²) in [5.41, 5.74) is 8.95. The van der Waals surface area contributed by atoms with Crippen LogP contribution in [0.5, 0.6) is 0 Å². The first-order valence-electron chi connectivity index (χ1n) is 13.3. The van der Waals surface area contributed by atoms with Crippen LogP contribution in [0.1, 0.15) is 5.56 Å². The lowest BCUT2D eigenvalue weighted by Gasteiger charge is -2.14. The molecule has 0 aliphatic carbocycles.